The molecule has 0 aliphatic carbocycles. The summed E-state index contributed by atoms with van der Waals surface area (Å²) < 4.78 is 5.50. The van der Waals surface area contributed by atoms with Gasteiger partial charge in [0.05, 0.1) is 6.61 Å². The summed E-state index contributed by atoms with van der Waals surface area (Å²) in [7, 11) is 0. The van der Waals surface area contributed by atoms with E-state index in [0.717, 1.165) is 18.8 Å². The quantitative estimate of drug-likeness (QED) is 0.407. The van der Waals surface area contributed by atoms with Crippen molar-refractivity contribution in [1.82, 2.24) is 0 Å². The predicted molar refractivity (Wildman–Crippen MR) is 60.7 cm³/mol. The maximum Gasteiger partial charge on any atom is 2.00 e. The van der Waals surface area contributed by atoms with Crippen LogP contribution in [-0.2, 0) is 0 Å². The molecule has 0 aromatic heterocycles. The molecule has 0 bridgehead atoms. The van der Waals surface area contributed by atoms with E-state index < -0.39 is 0 Å². The first-order valence-electron chi connectivity index (χ1n) is 5.03. The van der Waals surface area contributed by atoms with Gasteiger partial charge in [-0.3, -0.25) is 0 Å². The third-order valence-corrected chi connectivity index (χ3v) is 1.94. The molecule has 0 radical (unpaired) electrons. The molecule has 0 aliphatic rings. The predicted octanol–water partition coefficient (Wildman–Crippen LogP) is 0.0691. The average Bonchev–Trinajstić information content (AvgIpc) is 2.19. The van der Waals surface area contributed by atoms with Gasteiger partial charge in [-0.2, -0.15) is 18.2 Å². The van der Waals surface area contributed by atoms with Crippen molar-refractivity contribution in [2.75, 3.05) is 6.61 Å². The number of ether oxygens (including phenoxy) is 1. The van der Waals surface area contributed by atoms with Crippen molar-refractivity contribution in [3.05, 3.63) is 30.3 Å². The van der Waals surface area contributed by atoms with Crippen LogP contribution in [-0.4, -0.2) is 29.7 Å². The van der Waals surface area contributed by atoms with Crippen LogP contribution in [0.5, 0.6) is 5.75 Å². The molecular formula is C12H17BrMgO. The fraction of sp³-hybridized carbons (Fsp3) is 0.500. The third-order valence-electron chi connectivity index (χ3n) is 1.94. The summed E-state index contributed by atoms with van der Waals surface area (Å²) in [6.45, 7) is 3.03. The Kier molecular flexibility index (Phi) is 14.5. The molecule has 15 heavy (non-hydrogen) atoms. The maximum atomic E-state index is 5.50. The Bertz CT molecular complexity index is 216. The van der Waals surface area contributed by atoms with Crippen LogP contribution in [0.25, 0.3) is 0 Å². The van der Waals surface area contributed by atoms with Crippen molar-refractivity contribution in [2.45, 2.75) is 32.6 Å². The first-order chi connectivity index (χ1) is 6.43. The van der Waals surface area contributed by atoms with Crippen LogP contribution in [0.1, 0.15) is 32.6 Å². The molecule has 0 saturated carbocycles. The molecular weight excluding hydrogens is 264 g/mol. The summed E-state index contributed by atoms with van der Waals surface area (Å²) in [5, 5.41) is 0. The summed E-state index contributed by atoms with van der Waals surface area (Å²) in [5.41, 5.74) is 0. The summed E-state index contributed by atoms with van der Waals surface area (Å²) in [6, 6.07) is 10.8. The molecule has 0 heterocycles. The molecule has 1 nitrogen and oxygen atoms in total. The average molecular weight is 281 g/mol. The van der Waals surface area contributed by atoms with E-state index in [2.05, 4.69) is 13.0 Å². The fourth-order valence-electron chi connectivity index (χ4n) is 1.18. The minimum absolute atomic E-state index is 0. The summed E-state index contributed by atoms with van der Waals surface area (Å²) in [5.74, 6) is 0.860. The molecule has 0 atom stereocenters. The topological polar surface area (TPSA) is 9.23 Å². The smallest absolute Gasteiger partial charge is 1.00 e. The van der Waals surface area contributed by atoms with Crippen molar-refractivity contribution < 1.29 is 21.7 Å². The van der Waals surface area contributed by atoms with Crippen molar-refractivity contribution in [2.24, 2.45) is 0 Å². The Morgan fingerprint density at radius 2 is 2.00 bits per heavy atom. The van der Waals surface area contributed by atoms with Gasteiger partial charge in [0.1, 0.15) is 0 Å². The Morgan fingerprint density at radius 3 is 2.60 bits per heavy atom. The molecule has 0 fully saturated rings. The van der Waals surface area contributed by atoms with E-state index in [1.54, 1.807) is 0 Å². The van der Waals surface area contributed by atoms with Crippen LogP contribution in [0.15, 0.2) is 24.3 Å². The zero-order valence-electron chi connectivity index (χ0n) is 9.34. The van der Waals surface area contributed by atoms with E-state index in [4.69, 9.17) is 4.74 Å². The van der Waals surface area contributed by atoms with Gasteiger partial charge in [0.25, 0.3) is 0 Å². The van der Waals surface area contributed by atoms with Gasteiger partial charge >= 0.3 is 23.1 Å². The summed E-state index contributed by atoms with van der Waals surface area (Å²) in [6.07, 6.45) is 5.00. The van der Waals surface area contributed by atoms with Gasteiger partial charge in [-0.05, 0) is 6.42 Å². The molecule has 1 aromatic carbocycles. The molecule has 1 aromatic rings. The van der Waals surface area contributed by atoms with Crippen LogP contribution in [0.3, 0.4) is 0 Å². The standard InChI is InChI=1S/C12H17O.BrH.Mg/c1-2-3-4-8-11-13-12-9-6-5-7-10-12;;/h5-7,9H,2-4,8,11H2,1H3;1H;/q-1;;+2/p-1. The van der Waals surface area contributed by atoms with Crippen molar-refractivity contribution >= 4 is 23.1 Å². The van der Waals surface area contributed by atoms with Crippen LogP contribution in [0, 0.1) is 6.07 Å². The molecule has 1 rings (SSSR count). The molecule has 3 heteroatoms. The second-order valence-corrected chi connectivity index (χ2v) is 3.14. The number of unbranched alkanes of at least 4 members (excludes halogenated alkanes) is 3. The molecule has 0 amide bonds. The van der Waals surface area contributed by atoms with Crippen LogP contribution in [0.4, 0.5) is 0 Å². The Labute approximate surface area is 120 Å². The van der Waals surface area contributed by atoms with Crippen molar-refractivity contribution in [3.63, 3.8) is 0 Å². The van der Waals surface area contributed by atoms with Crippen molar-refractivity contribution in [3.8, 4) is 5.75 Å². The molecule has 0 aliphatic heterocycles. The normalized spacial score (nSPS) is 8.60. The number of halogens is 1. The minimum atomic E-state index is 0. The summed E-state index contributed by atoms with van der Waals surface area (Å²) in [4.78, 5) is 0. The van der Waals surface area contributed by atoms with E-state index in [9.17, 15) is 0 Å². The van der Waals surface area contributed by atoms with Gasteiger partial charge in [-0.1, -0.05) is 26.2 Å². The summed E-state index contributed by atoms with van der Waals surface area (Å²) >= 11 is 0. The van der Waals surface area contributed by atoms with Gasteiger partial charge in [-0.15, -0.1) is 12.1 Å². The van der Waals surface area contributed by atoms with Gasteiger partial charge in [-0.25, -0.2) is 0 Å². The number of para-hydroxylation sites is 1. The second-order valence-electron chi connectivity index (χ2n) is 3.14. The van der Waals surface area contributed by atoms with Crippen molar-refractivity contribution in [1.29, 1.82) is 0 Å². The van der Waals surface area contributed by atoms with Gasteiger partial charge in [0.15, 0.2) is 0 Å². The third kappa shape index (κ3) is 9.21. The monoisotopic (exact) mass is 280 g/mol. The molecule has 0 saturated heterocycles. The van der Waals surface area contributed by atoms with Gasteiger partial charge in [0, 0.05) is 5.75 Å². The van der Waals surface area contributed by atoms with E-state index in [-0.39, 0.29) is 40.0 Å². The molecule has 80 valence electrons. The molecule has 0 N–H and O–H groups in total. The van der Waals surface area contributed by atoms with E-state index in [1.807, 2.05) is 24.3 Å². The van der Waals surface area contributed by atoms with E-state index >= 15 is 0 Å². The first kappa shape index (κ1) is 17.7. The Morgan fingerprint density at radius 1 is 1.20 bits per heavy atom. The minimum Gasteiger partial charge on any atom is -1.00 e. The fourth-order valence-corrected chi connectivity index (χ4v) is 1.18. The van der Waals surface area contributed by atoms with Crippen LogP contribution >= 0.6 is 0 Å². The van der Waals surface area contributed by atoms with Gasteiger partial charge in [0.2, 0.25) is 0 Å². The number of benzene rings is 1. The van der Waals surface area contributed by atoms with Crippen LogP contribution in [0.2, 0.25) is 0 Å². The Balaban J connectivity index is 0. The maximum absolute atomic E-state index is 5.50. The SMILES string of the molecule is CCCCCCOc1[c-]cccc1.[Br-].[Mg+2]. The Hall–Kier alpha value is 0.266. The van der Waals surface area contributed by atoms with Gasteiger partial charge < -0.3 is 21.7 Å². The molecule has 0 spiro atoms. The zero-order valence-corrected chi connectivity index (χ0v) is 12.3. The number of rotatable bonds is 6. The van der Waals surface area contributed by atoms with E-state index in [0.29, 0.717) is 0 Å². The zero-order chi connectivity index (χ0) is 9.36. The van der Waals surface area contributed by atoms with E-state index in [1.165, 1.54) is 19.3 Å². The first-order valence-corrected chi connectivity index (χ1v) is 5.03. The largest absolute Gasteiger partial charge is 2.00 e. The molecule has 0 unspecified atom stereocenters. The second kappa shape index (κ2) is 12.3. The number of hydrogen-bond donors (Lipinski definition) is 0. The number of hydrogen-bond acceptors (Lipinski definition) is 1. The van der Waals surface area contributed by atoms with Crippen LogP contribution < -0.4 is 21.7 Å².